The van der Waals surface area contributed by atoms with E-state index in [9.17, 15) is 14.7 Å². The van der Waals surface area contributed by atoms with Gasteiger partial charge in [-0.1, -0.05) is 59.1 Å². The number of aliphatic carboxylic acids is 1. The molecule has 182 valence electrons. The number of nitrogens with zero attached hydrogens (tertiary/aromatic N) is 1. The number of hydrogen-bond donors (Lipinski definition) is 1. The lowest BCUT2D eigenvalue weighted by molar-refractivity contribution is -0.137. The molecule has 3 aromatic rings. The van der Waals surface area contributed by atoms with Crippen molar-refractivity contribution in [3.63, 3.8) is 0 Å². The number of halogens is 3. The van der Waals surface area contributed by atoms with Crippen LogP contribution in [0.3, 0.4) is 0 Å². The van der Waals surface area contributed by atoms with E-state index in [1.165, 1.54) is 4.90 Å². The van der Waals surface area contributed by atoms with Crippen LogP contribution in [0.25, 0.3) is 0 Å². The van der Waals surface area contributed by atoms with Crippen LogP contribution in [-0.2, 0) is 24.2 Å². The van der Waals surface area contributed by atoms with Crippen molar-refractivity contribution >= 4 is 46.7 Å². The number of carbonyl (C=O) groups is 2. The molecule has 1 aliphatic heterocycles. The van der Waals surface area contributed by atoms with Gasteiger partial charge in [-0.2, -0.15) is 0 Å². The maximum atomic E-state index is 13.3. The zero-order valence-corrected chi connectivity index (χ0v) is 21.3. The standard InChI is InChI=1S/C27H24Cl3NO4/c1-27(14-17-4-2-6-21(28)12-17)11-10-18-13-19(8-9-23(18)35-27)26(34)31(16-24(32)33)15-20-5-3-7-22(29)25(20)30/h2-9,12-13H,10-11,14-16H2,1H3,(H,32,33)/t27-/m1/s1. The molecule has 1 amide bonds. The van der Waals surface area contributed by atoms with Gasteiger partial charge in [-0.05, 0) is 72.9 Å². The first-order valence-electron chi connectivity index (χ1n) is 11.1. The molecule has 1 heterocycles. The first kappa shape index (κ1) is 25.4. The highest BCUT2D eigenvalue weighted by atomic mass is 35.5. The lowest BCUT2D eigenvalue weighted by atomic mass is 9.87. The quantitative estimate of drug-likeness (QED) is 0.368. The van der Waals surface area contributed by atoms with E-state index >= 15 is 0 Å². The minimum absolute atomic E-state index is 0.0236. The van der Waals surface area contributed by atoms with Crippen molar-refractivity contribution in [1.82, 2.24) is 4.90 Å². The Labute approximate surface area is 219 Å². The first-order chi connectivity index (χ1) is 16.6. The third-order valence-electron chi connectivity index (χ3n) is 6.06. The van der Waals surface area contributed by atoms with Crippen molar-refractivity contribution in [3.8, 4) is 5.75 Å². The Morgan fingerprint density at radius 1 is 1.06 bits per heavy atom. The zero-order valence-electron chi connectivity index (χ0n) is 19.1. The lowest BCUT2D eigenvalue weighted by Crippen LogP contribution is -2.39. The largest absolute Gasteiger partial charge is 0.487 e. The number of ether oxygens (including phenoxy) is 1. The van der Waals surface area contributed by atoms with Crippen LogP contribution in [-0.4, -0.2) is 34.0 Å². The number of carboxylic acid groups (broad SMARTS) is 1. The summed E-state index contributed by atoms with van der Waals surface area (Å²) in [6.07, 6.45) is 2.20. The molecule has 35 heavy (non-hydrogen) atoms. The van der Waals surface area contributed by atoms with Crippen LogP contribution >= 0.6 is 34.8 Å². The summed E-state index contributed by atoms with van der Waals surface area (Å²) in [5, 5.41) is 10.7. The second-order valence-electron chi connectivity index (χ2n) is 8.95. The summed E-state index contributed by atoms with van der Waals surface area (Å²) in [6.45, 7) is 1.63. The smallest absolute Gasteiger partial charge is 0.323 e. The Hall–Kier alpha value is -2.73. The number of amides is 1. The van der Waals surface area contributed by atoms with Crippen molar-refractivity contribution in [3.05, 3.63) is 98.0 Å². The fourth-order valence-corrected chi connectivity index (χ4v) is 4.94. The second-order valence-corrected chi connectivity index (χ2v) is 10.2. The third kappa shape index (κ3) is 6.10. The van der Waals surface area contributed by atoms with E-state index in [1.54, 1.807) is 36.4 Å². The normalized spacial score (nSPS) is 16.8. The molecule has 0 aromatic heterocycles. The number of carboxylic acids is 1. The summed E-state index contributed by atoms with van der Waals surface area (Å²) in [4.78, 5) is 26.0. The monoisotopic (exact) mass is 531 g/mol. The van der Waals surface area contributed by atoms with Gasteiger partial charge in [0.05, 0.1) is 10.0 Å². The van der Waals surface area contributed by atoms with Crippen LogP contribution in [0.5, 0.6) is 5.75 Å². The summed E-state index contributed by atoms with van der Waals surface area (Å²) in [7, 11) is 0. The van der Waals surface area contributed by atoms with Gasteiger partial charge in [0, 0.05) is 23.6 Å². The molecule has 0 bridgehead atoms. The van der Waals surface area contributed by atoms with Gasteiger partial charge in [-0.15, -0.1) is 0 Å². The van der Waals surface area contributed by atoms with Crippen LogP contribution in [0.4, 0.5) is 0 Å². The molecule has 0 radical (unpaired) electrons. The Balaban J connectivity index is 1.54. The summed E-state index contributed by atoms with van der Waals surface area (Å²) < 4.78 is 6.35. The molecule has 8 heteroatoms. The Bertz CT molecular complexity index is 1280. The van der Waals surface area contributed by atoms with E-state index in [0.717, 1.165) is 29.7 Å². The van der Waals surface area contributed by atoms with E-state index in [1.807, 2.05) is 24.3 Å². The van der Waals surface area contributed by atoms with Gasteiger partial charge in [0.2, 0.25) is 0 Å². The molecule has 5 nitrogen and oxygen atoms in total. The number of benzene rings is 3. The van der Waals surface area contributed by atoms with Crippen LogP contribution in [0, 0.1) is 0 Å². The van der Waals surface area contributed by atoms with Crippen LogP contribution in [0.1, 0.15) is 40.4 Å². The fourth-order valence-electron chi connectivity index (χ4n) is 4.35. The van der Waals surface area contributed by atoms with Crippen molar-refractivity contribution in [1.29, 1.82) is 0 Å². The molecule has 0 aliphatic carbocycles. The van der Waals surface area contributed by atoms with Crippen molar-refractivity contribution in [2.45, 2.75) is 38.3 Å². The number of aryl methyl sites for hydroxylation is 1. The van der Waals surface area contributed by atoms with Crippen molar-refractivity contribution in [2.75, 3.05) is 6.54 Å². The Morgan fingerprint density at radius 3 is 2.57 bits per heavy atom. The van der Waals surface area contributed by atoms with E-state index in [4.69, 9.17) is 39.5 Å². The molecule has 4 rings (SSSR count). The van der Waals surface area contributed by atoms with E-state index in [2.05, 4.69) is 6.92 Å². The van der Waals surface area contributed by atoms with Crippen LogP contribution < -0.4 is 4.74 Å². The summed E-state index contributed by atoms with van der Waals surface area (Å²) in [5.74, 6) is -0.798. The number of fused-ring (bicyclic) bond motifs is 1. The minimum Gasteiger partial charge on any atom is -0.487 e. The average Bonchev–Trinajstić information content (AvgIpc) is 2.80. The van der Waals surface area contributed by atoms with Crippen LogP contribution in [0.15, 0.2) is 60.7 Å². The molecule has 0 fully saturated rings. The molecule has 0 unspecified atom stereocenters. The van der Waals surface area contributed by atoms with Gasteiger partial charge >= 0.3 is 5.97 Å². The molecule has 3 aromatic carbocycles. The topological polar surface area (TPSA) is 66.8 Å². The molecule has 0 spiro atoms. The first-order valence-corrected chi connectivity index (χ1v) is 12.3. The predicted molar refractivity (Wildman–Crippen MR) is 138 cm³/mol. The Kier molecular flexibility index (Phi) is 7.60. The molecular weight excluding hydrogens is 509 g/mol. The molecular formula is C27H24Cl3NO4. The molecule has 1 N–H and O–H groups in total. The highest BCUT2D eigenvalue weighted by molar-refractivity contribution is 6.42. The second kappa shape index (κ2) is 10.5. The zero-order chi connectivity index (χ0) is 25.2. The molecule has 0 saturated heterocycles. The fraction of sp³-hybridized carbons (Fsp3) is 0.259. The van der Waals surface area contributed by atoms with Gasteiger partial charge in [-0.25, -0.2) is 0 Å². The maximum absolute atomic E-state index is 13.3. The van der Waals surface area contributed by atoms with E-state index in [0.29, 0.717) is 32.6 Å². The lowest BCUT2D eigenvalue weighted by Gasteiger charge is -2.36. The SMILES string of the molecule is C[C@]1(Cc2cccc(Cl)c2)CCc2cc(C(=O)N(CC(=O)O)Cc3cccc(Cl)c3Cl)ccc2O1. The summed E-state index contributed by atoms with van der Waals surface area (Å²) >= 11 is 18.5. The molecule has 0 saturated carbocycles. The van der Waals surface area contributed by atoms with Gasteiger partial charge in [0.15, 0.2) is 0 Å². The van der Waals surface area contributed by atoms with Gasteiger partial charge in [-0.3, -0.25) is 9.59 Å². The summed E-state index contributed by atoms with van der Waals surface area (Å²) in [5.41, 5.74) is 2.58. The van der Waals surface area contributed by atoms with Crippen LogP contribution in [0.2, 0.25) is 15.1 Å². The molecule has 1 atom stereocenters. The maximum Gasteiger partial charge on any atom is 0.323 e. The van der Waals surface area contributed by atoms with Crippen molar-refractivity contribution in [2.24, 2.45) is 0 Å². The van der Waals surface area contributed by atoms with Gasteiger partial charge in [0.1, 0.15) is 17.9 Å². The summed E-state index contributed by atoms with van der Waals surface area (Å²) in [6, 6.07) is 18.0. The number of rotatable bonds is 7. The number of hydrogen-bond acceptors (Lipinski definition) is 3. The highest BCUT2D eigenvalue weighted by Gasteiger charge is 2.32. The number of carbonyl (C=O) groups excluding carboxylic acids is 1. The van der Waals surface area contributed by atoms with Gasteiger partial charge < -0.3 is 14.7 Å². The Morgan fingerprint density at radius 2 is 1.83 bits per heavy atom. The van der Waals surface area contributed by atoms with Crippen molar-refractivity contribution < 1.29 is 19.4 Å². The van der Waals surface area contributed by atoms with E-state index in [-0.39, 0.29) is 6.54 Å². The van der Waals surface area contributed by atoms with E-state index < -0.39 is 24.0 Å². The third-order valence-corrected chi connectivity index (χ3v) is 7.15. The minimum atomic E-state index is -1.12. The van der Waals surface area contributed by atoms with Gasteiger partial charge in [0.25, 0.3) is 5.91 Å². The molecule has 1 aliphatic rings. The predicted octanol–water partition coefficient (Wildman–Crippen LogP) is 6.70. The average molecular weight is 533 g/mol. The highest BCUT2D eigenvalue weighted by Crippen LogP contribution is 2.36.